The second-order valence-corrected chi connectivity index (χ2v) is 2.47. The molecule has 4 heteroatoms. The fraction of sp³-hybridized carbons (Fsp3) is 0. The van der Waals surface area contributed by atoms with Crippen molar-refractivity contribution in [1.82, 2.24) is 0 Å². The zero-order chi connectivity index (χ0) is 9.40. The summed E-state index contributed by atoms with van der Waals surface area (Å²) >= 11 is 0. The van der Waals surface area contributed by atoms with Gasteiger partial charge in [-0.2, -0.15) is 0 Å². The number of nitrogens with two attached hydrogens (primary N) is 1. The molecule has 0 aliphatic rings. The standard InChI is InChI=1S/C8H8.H3NO2S/c1-2-8-6-4-3-5-7-8;1-4(2)3/h2-7H,1H2;4H,(H2,1,2,3). The van der Waals surface area contributed by atoms with E-state index in [1.54, 1.807) is 0 Å². The number of hydrogen-bond donors (Lipinski definition) is 2. The Morgan fingerprint density at radius 3 is 1.92 bits per heavy atom. The second kappa shape index (κ2) is 6.57. The molecule has 0 atom stereocenters. The van der Waals surface area contributed by atoms with Crippen molar-refractivity contribution >= 4 is 17.0 Å². The molecule has 0 radical (unpaired) electrons. The van der Waals surface area contributed by atoms with Crippen molar-refractivity contribution in [2.75, 3.05) is 0 Å². The van der Waals surface area contributed by atoms with Gasteiger partial charge in [0.2, 0.25) is 0 Å². The smallest absolute Gasteiger partial charge is 0.198 e. The SMILES string of the molecule is C=Cc1ccccc1.N[SH](=O)=O. The molecule has 1 rings (SSSR count). The lowest BCUT2D eigenvalue weighted by atomic mass is 10.2. The van der Waals surface area contributed by atoms with Gasteiger partial charge in [0.1, 0.15) is 0 Å². The molecule has 0 spiro atoms. The van der Waals surface area contributed by atoms with Gasteiger partial charge in [0.25, 0.3) is 0 Å². The third-order valence-electron chi connectivity index (χ3n) is 1.04. The molecule has 0 unspecified atom stereocenters. The van der Waals surface area contributed by atoms with Crippen LogP contribution in [0.15, 0.2) is 36.9 Å². The Labute approximate surface area is 73.6 Å². The number of benzene rings is 1. The first-order valence-corrected chi connectivity index (χ1v) is 4.48. The first kappa shape index (κ1) is 10.9. The van der Waals surface area contributed by atoms with E-state index in [1.165, 1.54) is 5.56 Å². The van der Waals surface area contributed by atoms with Crippen molar-refractivity contribution in [2.45, 2.75) is 0 Å². The average molecular weight is 185 g/mol. The zero-order valence-electron chi connectivity index (χ0n) is 6.51. The largest absolute Gasteiger partial charge is 0.231 e. The summed E-state index contributed by atoms with van der Waals surface area (Å²) < 4.78 is 17.6. The summed E-state index contributed by atoms with van der Waals surface area (Å²) in [5, 5.41) is 4.06. The van der Waals surface area contributed by atoms with E-state index in [2.05, 4.69) is 11.7 Å². The topological polar surface area (TPSA) is 60.2 Å². The van der Waals surface area contributed by atoms with E-state index in [0.717, 1.165) is 0 Å². The Morgan fingerprint density at radius 1 is 1.25 bits per heavy atom. The van der Waals surface area contributed by atoms with Crippen molar-refractivity contribution in [2.24, 2.45) is 5.14 Å². The maximum Gasteiger partial charge on any atom is 0.198 e. The minimum atomic E-state index is -2.62. The number of thiol groups is 1. The second-order valence-electron chi connectivity index (χ2n) is 1.90. The Hall–Kier alpha value is -1.13. The van der Waals surface area contributed by atoms with Gasteiger partial charge in [-0.1, -0.05) is 43.0 Å². The lowest BCUT2D eigenvalue weighted by Gasteiger charge is -1.85. The van der Waals surface area contributed by atoms with Crippen LogP contribution in [0.3, 0.4) is 0 Å². The highest BCUT2D eigenvalue weighted by Gasteiger charge is 1.75. The Morgan fingerprint density at radius 2 is 1.67 bits per heavy atom. The molecule has 66 valence electrons. The molecular formula is C8H11NO2S. The summed E-state index contributed by atoms with van der Waals surface area (Å²) in [6.07, 6.45) is 1.83. The molecule has 0 aromatic heterocycles. The molecule has 3 nitrogen and oxygen atoms in total. The van der Waals surface area contributed by atoms with Crippen LogP contribution in [0, 0.1) is 0 Å². The summed E-state index contributed by atoms with van der Waals surface area (Å²) in [6.45, 7) is 3.63. The maximum absolute atomic E-state index is 8.81. The molecule has 0 fully saturated rings. The predicted molar refractivity (Wildman–Crippen MR) is 51.0 cm³/mol. The van der Waals surface area contributed by atoms with Crippen LogP contribution in [-0.4, -0.2) is 8.42 Å². The molecule has 12 heavy (non-hydrogen) atoms. The van der Waals surface area contributed by atoms with Crippen LogP contribution in [0.5, 0.6) is 0 Å². The summed E-state index contributed by atoms with van der Waals surface area (Å²) in [5.41, 5.74) is 1.17. The van der Waals surface area contributed by atoms with Crippen LogP contribution >= 0.6 is 0 Å². The number of rotatable bonds is 1. The van der Waals surface area contributed by atoms with Gasteiger partial charge in [-0.3, -0.25) is 0 Å². The number of hydrogen-bond acceptors (Lipinski definition) is 2. The summed E-state index contributed by atoms with van der Waals surface area (Å²) in [5.74, 6) is 0. The van der Waals surface area contributed by atoms with Gasteiger partial charge in [0.15, 0.2) is 10.9 Å². The van der Waals surface area contributed by atoms with Gasteiger partial charge in [-0.05, 0) is 5.56 Å². The van der Waals surface area contributed by atoms with Crippen LogP contribution < -0.4 is 5.14 Å². The maximum atomic E-state index is 8.81. The van der Waals surface area contributed by atoms with E-state index in [0.29, 0.717) is 0 Å². The minimum Gasteiger partial charge on any atom is -0.231 e. The van der Waals surface area contributed by atoms with Crippen molar-refractivity contribution in [3.8, 4) is 0 Å². The van der Waals surface area contributed by atoms with Crippen LogP contribution in [0.4, 0.5) is 0 Å². The Balaban J connectivity index is 0.000000261. The lowest BCUT2D eigenvalue weighted by Crippen LogP contribution is -1.85. The highest BCUT2D eigenvalue weighted by molar-refractivity contribution is 7.69. The molecule has 0 saturated heterocycles. The molecule has 0 bridgehead atoms. The monoisotopic (exact) mass is 185 g/mol. The molecule has 1 aromatic rings. The van der Waals surface area contributed by atoms with Crippen molar-refractivity contribution in [1.29, 1.82) is 0 Å². The third kappa shape index (κ3) is 6.98. The van der Waals surface area contributed by atoms with E-state index in [9.17, 15) is 0 Å². The van der Waals surface area contributed by atoms with E-state index in [4.69, 9.17) is 8.42 Å². The highest BCUT2D eigenvalue weighted by Crippen LogP contribution is 1.97. The fourth-order valence-electron chi connectivity index (χ4n) is 0.589. The molecule has 0 aliphatic carbocycles. The quantitative estimate of drug-likeness (QED) is 0.636. The Kier molecular flexibility index (Phi) is 5.95. The van der Waals surface area contributed by atoms with Crippen LogP contribution in [0.2, 0.25) is 0 Å². The van der Waals surface area contributed by atoms with E-state index in [1.807, 2.05) is 36.4 Å². The molecule has 0 aliphatic heterocycles. The first-order chi connectivity index (χ1) is 5.66. The van der Waals surface area contributed by atoms with Gasteiger partial charge in [0.05, 0.1) is 0 Å². The first-order valence-electron chi connectivity index (χ1n) is 3.23. The molecule has 2 N–H and O–H groups in total. The van der Waals surface area contributed by atoms with E-state index in [-0.39, 0.29) is 0 Å². The highest BCUT2D eigenvalue weighted by atomic mass is 32.2. The van der Waals surface area contributed by atoms with Gasteiger partial charge < -0.3 is 0 Å². The van der Waals surface area contributed by atoms with Crippen molar-refractivity contribution in [3.63, 3.8) is 0 Å². The van der Waals surface area contributed by atoms with E-state index >= 15 is 0 Å². The molecule has 0 amide bonds. The van der Waals surface area contributed by atoms with E-state index < -0.39 is 10.9 Å². The normalized spacial score (nSPS) is 8.50. The summed E-state index contributed by atoms with van der Waals surface area (Å²) in [7, 11) is -2.62. The zero-order valence-corrected chi connectivity index (χ0v) is 7.41. The van der Waals surface area contributed by atoms with Crippen LogP contribution in [-0.2, 0) is 10.9 Å². The van der Waals surface area contributed by atoms with Gasteiger partial charge in [-0.25, -0.2) is 13.6 Å². The average Bonchev–Trinajstić information content (AvgIpc) is 2.05. The van der Waals surface area contributed by atoms with Crippen molar-refractivity contribution in [3.05, 3.63) is 42.5 Å². The van der Waals surface area contributed by atoms with Crippen LogP contribution in [0.25, 0.3) is 6.08 Å². The molecule has 1 aromatic carbocycles. The van der Waals surface area contributed by atoms with Gasteiger partial charge >= 0.3 is 0 Å². The Bertz CT molecular complexity index is 285. The predicted octanol–water partition coefficient (Wildman–Crippen LogP) is 0.801. The van der Waals surface area contributed by atoms with Crippen LogP contribution in [0.1, 0.15) is 5.56 Å². The summed E-state index contributed by atoms with van der Waals surface area (Å²) in [6, 6.07) is 10.0. The third-order valence-corrected chi connectivity index (χ3v) is 1.04. The molecular weight excluding hydrogens is 174 g/mol. The molecule has 0 heterocycles. The van der Waals surface area contributed by atoms with Gasteiger partial charge in [0, 0.05) is 0 Å². The minimum absolute atomic E-state index is 1.17. The lowest BCUT2D eigenvalue weighted by molar-refractivity contribution is 0.616. The summed E-state index contributed by atoms with van der Waals surface area (Å²) in [4.78, 5) is 0. The van der Waals surface area contributed by atoms with Crippen molar-refractivity contribution < 1.29 is 8.42 Å². The van der Waals surface area contributed by atoms with Gasteiger partial charge in [-0.15, -0.1) is 0 Å². The molecule has 0 saturated carbocycles. The fourth-order valence-corrected chi connectivity index (χ4v) is 0.589.